The Balaban J connectivity index is 0.000000128. The molecule has 0 amide bonds. The molecule has 16 aromatic carbocycles. The van der Waals surface area contributed by atoms with Crippen LogP contribution in [0.15, 0.2) is 466 Å². The number of hydrogen-bond acceptors (Lipinski definition) is 8. The molecule has 26 rings (SSSR count). The summed E-state index contributed by atoms with van der Waals surface area (Å²) in [5, 5.41) is 32.9. The lowest BCUT2D eigenvalue weighted by Gasteiger charge is -2.16. The van der Waals surface area contributed by atoms with Crippen molar-refractivity contribution in [1.82, 2.24) is 38.2 Å². The summed E-state index contributed by atoms with van der Waals surface area (Å²) < 4.78 is 15.2. The normalized spacial score (nSPS) is 11.5. The summed E-state index contributed by atoms with van der Waals surface area (Å²) in [6.45, 7) is 0. The molecule has 2 N–H and O–H groups in total. The number of nitrogens with zero attached hydrogens (tertiary/aromatic N) is 8. The van der Waals surface area contributed by atoms with Crippen molar-refractivity contribution in [2.45, 2.75) is 0 Å². The van der Waals surface area contributed by atoms with Crippen LogP contribution in [0.25, 0.3) is 229 Å². The molecule has 0 saturated heterocycles. The highest BCUT2D eigenvalue weighted by Gasteiger charge is 2.26. The summed E-state index contributed by atoms with van der Waals surface area (Å²) in [5.41, 5.74) is 27.8. The van der Waals surface area contributed by atoms with E-state index in [2.05, 4.69) is 435 Å². The Morgan fingerprint density at radius 3 is 0.813 bits per heavy atom. The Bertz CT molecular complexity index is 8750. The molecule has 0 aliphatic carbocycles. The van der Waals surface area contributed by atoms with Crippen LogP contribution in [0.2, 0.25) is 0 Å². The van der Waals surface area contributed by atoms with E-state index < -0.39 is 7.12 Å². The molecule has 0 fully saturated rings. The fourth-order valence-corrected chi connectivity index (χ4v) is 22.0. The Morgan fingerprint density at radius 1 is 0.209 bits per heavy atom. The monoisotopic (exact) mass is 1820 g/mol. The summed E-state index contributed by atoms with van der Waals surface area (Å²) >= 11 is 7.27. The molecule has 10 heterocycles. The lowest BCUT2D eigenvalue weighted by Crippen LogP contribution is -2.29. The summed E-state index contributed by atoms with van der Waals surface area (Å²) in [6, 6.07) is 153. The number of aromatic nitrogens is 8. The van der Waals surface area contributed by atoms with E-state index in [1.54, 1.807) is 17.4 Å². The molecule has 14 heteroatoms. The van der Waals surface area contributed by atoms with Gasteiger partial charge in [-0.25, -0.2) is 19.9 Å². The number of halogens is 1. The van der Waals surface area contributed by atoms with Crippen LogP contribution in [0, 0.1) is 0 Å². The van der Waals surface area contributed by atoms with E-state index in [0.717, 1.165) is 155 Å². The number of thiophene rings is 2. The first kappa shape index (κ1) is 81.0. The van der Waals surface area contributed by atoms with Gasteiger partial charge in [-0.15, -0.1) is 22.7 Å². The van der Waals surface area contributed by atoms with E-state index in [1.165, 1.54) is 79.1 Å². The van der Waals surface area contributed by atoms with Crippen molar-refractivity contribution in [1.29, 1.82) is 0 Å². The third kappa shape index (κ3) is 14.9. The van der Waals surface area contributed by atoms with Crippen LogP contribution < -0.4 is 5.46 Å². The van der Waals surface area contributed by atoms with Crippen molar-refractivity contribution in [3.05, 3.63) is 466 Å². The van der Waals surface area contributed by atoms with Gasteiger partial charge in [-0.2, -0.15) is 0 Å². The number of fused-ring (bicyclic) bond motifs is 18. The lowest BCUT2D eigenvalue weighted by molar-refractivity contribution is 0.426. The molecule has 0 bridgehead atoms. The highest BCUT2D eigenvalue weighted by atomic mass is 79.9. The molecule has 26 aromatic rings. The standard InChI is InChI=1S/C60H38N4S.C48H31BrN4.C12H9BO2S/c1-5-16-39(17-6-1)53-35-44(36-54(61-53)40-18-7-2-8-19-40)63-32-30-49-52-34-43(46-25-15-26-50-47-24-13-14-27-57(47)65-60(46)50)28-29-48(52)58-51(59(49)63)31-33-64(58)45-37-55(41-20-9-3-10-21-41)62-56(38-45)42-22-11-4-12-23-42;49-36-21-22-39-42(27-36)40-23-25-52(37-28-43(32-13-5-1-6-14-32)50-44(29-37)33-15-7-2-8-16-33)48(40)41-24-26-53(47(39)41)38-30-45(34-17-9-3-10-18-34)51-46(31-38)35-19-11-4-12-20-35;14-13(15)10-6-3-5-9-8-4-1-2-7-11(8)16-12(9)10/h1-38H;1-31H;1-7,14-15H. The van der Waals surface area contributed by atoms with E-state index in [1.807, 2.05) is 65.9 Å². The molecular formula is C120H78BBrN8O2S2. The molecule has 0 unspecified atom stereocenters. The van der Waals surface area contributed by atoms with Gasteiger partial charge in [0.1, 0.15) is 0 Å². The Kier molecular flexibility index (Phi) is 20.9. The zero-order valence-electron chi connectivity index (χ0n) is 72.1. The van der Waals surface area contributed by atoms with Crippen LogP contribution in [0.3, 0.4) is 0 Å². The van der Waals surface area contributed by atoms with Gasteiger partial charge in [-0.1, -0.05) is 350 Å². The Labute approximate surface area is 788 Å². The van der Waals surface area contributed by atoms with Gasteiger partial charge in [0.15, 0.2) is 0 Å². The average Bonchev–Trinajstić information content (AvgIpc) is 1.55. The van der Waals surface area contributed by atoms with Crippen molar-refractivity contribution in [2.75, 3.05) is 0 Å². The molecule has 0 spiro atoms. The lowest BCUT2D eigenvalue weighted by atomic mass is 9.80. The smallest absolute Gasteiger partial charge is 0.423 e. The Hall–Kier alpha value is -16.3. The summed E-state index contributed by atoms with van der Waals surface area (Å²) in [6.07, 6.45) is 8.89. The zero-order valence-corrected chi connectivity index (χ0v) is 75.3. The maximum atomic E-state index is 9.31. The van der Waals surface area contributed by atoms with E-state index >= 15 is 0 Å². The van der Waals surface area contributed by atoms with Crippen molar-refractivity contribution >= 4 is 157 Å². The van der Waals surface area contributed by atoms with Crippen molar-refractivity contribution in [3.8, 4) is 124 Å². The van der Waals surface area contributed by atoms with E-state index in [9.17, 15) is 10.0 Å². The van der Waals surface area contributed by atoms with Crippen LogP contribution in [0.4, 0.5) is 0 Å². The topological polar surface area (TPSA) is 112 Å². The third-order valence-electron chi connectivity index (χ3n) is 25.5. The first-order chi connectivity index (χ1) is 66.2. The molecule has 632 valence electrons. The molecule has 0 radical (unpaired) electrons. The van der Waals surface area contributed by atoms with E-state index in [4.69, 9.17) is 19.9 Å². The fraction of sp³-hybridized carbons (Fsp3) is 0. The second-order valence-corrected chi connectivity index (χ2v) is 36.6. The highest BCUT2D eigenvalue weighted by molar-refractivity contribution is 9.10. The molecular weight excluding hydrogens is 1740 g/mol. The van der Waals surface area contributed by atoms with Crippen LogP contribution in [0.5, 0.6) is 0 Å². The Morgan fingerprint density at radius 2 is 0.478 bits per heavy atom. The van der Waals surface area contributed by atoms with Crippen LogP contribution in [-0.4, -0.2) is 55.4 Å². The van der Waals surface area contributed by atoms with Gasteiger partial charge in [0.05, 0.1) is 67.6 Å². The fourth-order valence-electron chi connectivity index (χ4n) is 19.2. The summed E-state index contributed by atoms with van der Waals surface area (Å²) in [7, 11) is -1.41. The van der Waals surface area contributed by atoms with Crippen LogP contribution in [0.1, 0.15) is 0 Å². The van der Waals surface area contributed by atoms with Gasteiger partial charge in [-0.3, -0.25) is 0 Å². The average molecular weight is 1820 g/mol. The zero-order chi connectivity index (χ0) is 89.3. The van der Waals surface area contributed by atoms with Crippen LogP contribution >= 0.6 is 38.6 Å². The van der Waals surface area contributed by atoms with Crippen molar-refractivity contribution in [3.63, 3.8) is 0 Å². The summed E-state index contributed by atoms with van der Waals surface area (Å²) in [4.78, 5) is 20.8. The number of rotatable bonds is 14. The molecule has 10 aromatic heterocycles. The minimum absolute atomic E-state index is 0.582. The molecule has 10 nitrogen and oxygen atoms in total. The molecule has 0 aliphatic heterocycles. The molecule has 0 aliphatic rings. The van der Waals surface area contributed by atoms with Gasteiger partial charge < -0.3 is 28.3 Å². The second kappa shape index (κ2) is 34.5. The third-order valence-corrected chi connectivity index (χ3v) is 28.4. The largest absolute Gasteiger partial charge is 0.489 e. The number of benzene rings is 16. The SMILES string of the molecule is Brc1ccc2c(c1)c1ccn(-c3cc(-c4ccccc4)nc(-c4ccccc4)c3)c1c1ccn(-c3cc(-c4ccccc4)nc(-c4ccccc4)c3)c21.OB(O)c1cccc2c1sc1ccccc12.c1ccc(-c2cc(-n3ccc4c5cc(-c6cccc7c6sc6ccccc67)ccc5c5c(ccn5-c5cc(-c6ccccc6)nc(-c6ccccc6)c5)c43)cc(-c3ccccc3)n2)cc1. The quantitative estimate of drug-likeness (QED) is 0.105. The first-order valence-electron chi connectivity index (χ1n) is 44.7. The molecule has 0 saturated carbocycles. The predicted octanol–water partition coefficient (Wildman–Crippen LogP) is 30.9. The van der Waals surface area contributed by atoms with E-state index in [0.29, 0.717) is 5.46 Å². The predicted molar refractivity (Wildman–Crippen MR) is 565 cm³/mol. The van der Waals surface area contributed by atoms with Gasteiger partial charge in [0.25, 0.3) is 0 Å². The highest BCUT2D eigenvalue weighted by Crippen LogP contribution is 2.48. The maximum Gasteiger partial charge on any atom is 0.489 e. The number of hydrogen-bond donors (Lipinski definition) is 2. The summed E-state index contributed by atoms with van der Waals surface area (Å²) in [5.74, 6) is 0. The maximum absolute atomic E-state index is 9.31. The minimum Gasteiger partial charge on any atom is -0.423 e. The van der Waals surface area contributed by atoms with Gasteiger partial charge >= 0.3 is 7.12 Å². The van der Waals surface area contributed by atoms with Gasteiger partial charge in [0.2, 0.25) is 0 Å². The van der Waals surface area contributed by atoms with Gasteiger partial charge in [0, 0.05) is 164 Å². The van der Waals surface area contributed by atoms with Crippen molar-refractivity contribution < 1.29 is 10.0 Å². The molecule has 0 atom stereocenters. The second-order valence-electron chi connectivity index (χ2n) is 33.5. The molecule has 134 heavy (non-hydrogen) atoms. The number of pyridine rings is 4. The first-order valence-corrected chi connectivity index (χ1v) is 47.1. The van der Waals surface area contributed by atoms with E-state index in [-0.39, 0.29) is 0 Å². The van der Waals surface area contributed by atoms with Crippen molar-refractivity contribution in [2.24, 2.45) is 0 Å². The van der Waals surface area contributed by atoms with Crippen LogP contribution in [-0.2, 0) is 0 Å². The van der Waals surface area contributed by atoms with Gasteiger partial charge in [-0.05, 0) is 136 Å². The minimum atomic E-state index is -1.41.